The summed E-state index contributed by atoms with van der Waals surface area (Å²) in [5, 5.41) is 4.09. The first-order valence-corrected chi connectivity index (χ1v) is 4.84. The molecule has 0 spiro atoms. The highest BCUT2D eigenvalue weighted by Gasteiger charge is 2.10. The Morgan fingerprint density at radius 1 is 1.47 bits per heavy atom. The molecule has 1 heterocycles. The molecule has 0 saturated carbocycles. The molecule has 0 unspecified atom stereocenters. The van der Waals surface area contributed by atoms with Gasteiger partial charge < -0.3 is 9.15 Å². The van der Waals surface area contributed by atoms with Crippen LogP contribution in [0.4, 0.5) is 5.69 Å². The number of azide groups is 1. The van der Waals surface area contributed by atoms with E-state index in [1.54, 1.807) is 25.1 Å². The van der Waals surface area contributed by atoms with Gasteiger partial charge in [-0.1, -0.05) is 5.11 Å². The Bertz CT molecular complexity index is 684. The van der Waals surface area contributed by atoms with Gasteiger partial charge in [0, 0.05) is 15.9 Å². The maximum Gasteiger partial charge on any atom is 0.339 e. The number of methoxy groups -OCH3 is 1. The molecular formula is C11H9N3O3. The van der Waals surface area contributed by atoms with Crippen molar-refractivity contribution in [3.8, 4) is 5.75 Å². The van der Waals surface area contributed by atoms with Crippen LogP contribution in [0.15, 0.2) is 32.5 Å². The maximum atomic E-state index is 11.5. The predicted molar refractivity (Wildman–Crippen MR) is 62.6 cm³/mol. The molecule has 1 aromatic heterocycles. The van der Waals surface area contributed by atoms with E-state index < -0.39 is 5.63 Å². The minimum Gasteiger partial charge on any atom is -0.497 e. The van der Waals surface area contributed by atoms with Crippen LogP contribution in [-0.2, 0) is 0 Å². The van der Waals surface area contributed by atoms with Gasteiger partial charge in [0.2, 0.25) is 0 Å². The van der Waals surface area contributed by atoms with E-state index in [4.69, 9.17) is 14.7 Å². The van der Waals surface area contributed by atoms with E-state index >= 15 is 0 Å². The Labute approximate surface area is 96.1 Å². The summed E-state index contributed by atoms with van der Waals surface area (Å²) in [7, 11) is 1.53. The van der Waals surface area contributed by atoms with Crippen molar-refractivity contribution >= 4 is 16.7 Å². The minimum atomic E-state index is -0.509. The molecule has 0 saturated heterocycles. The van der Waals surface area contributed by atoms with Gasteiger partial charge in [0.05, 0.1) is 12.8 Å². The average Bonchev–Trinajstić information content (AvgIpc) is 2.34. The fraction of sp³-hybridized carbons (Fsp3) is 0.182. The van der Waals surface area contributed by atoms with Gasteiger partial charge in [0.25, 0.3) is 0 Å². The molecule has 0 amide bonds. The first-order chi connectivity index (χ1) is 8.17. The monoisotopic (exact) mass is 231 g/mol. The van der Waals surface area contributed by atoms with Crippen LogP contribution >= 0.6 is 0 Å². The molecular weight excluding hydrogens is 222 g/mol. The molecule has 86 valence electrons. The summed E-state index contributed by atoms with van der Waals surface area (Å²) < 4.78 is 10.2. The lowest BCUT2D eigenvalue weighted by atomic mass is 10.1. The summed E-state index contributed by atoms with van der Waals surface area (Å²) in [6, 6.07) is 4.93. The quantitative estimate of drug-likeness (QED) is 0.344. The average molecular weight is 231 g/mol. The van der Waals surface area contributed by atoms with Crippen LogP contribution in [0.5, 0.6) is 5.75 Å². The zero-order valence-electron chi connectivity index (χ0n) is 9.30. The van der Waals surface area contributed by atoms with Crippen molar-refractivity contribution in [2.75, 3.05) is 7.11 Å². The largest absolute Gasteiger partial charge is 0.497 e. The van der Waals surface area contributed by atoms with Gasteiger partial charge in [-0.3, -0.25) is 0 Å². The summed E-state index contributed by atoms with van der Waals surface area (Å²) in [6.45, 7) is 1.55. The molecule has 0 aliphatic carbocycles. The van der Waals surface area contributed by atoms with Crippen molar-refractivity contribution in [2.45, 2.75) is 6.92 Å². The third kappa shape index (κ3) is 1.81. The summed E-state index contributed by atoms with van der Waals surface area (Å²) in [5.41, 5.74) is 8.93. The molecule has 0 aliphatic rings. The molecule has 6 heteroatoms. The second-order valence-electron chi connectivity index (χ2n) is 3.41. The van der Waals surface area contributed by atoms with Gasteiger partial charge in [0.15, 0.2) is 0 Å². The molecule has 0 bridgehead atoms. The van der Waals surface area contributed by atoms with E-state index in [-0.39, 0.29) is 11.3 Å². The van der Waals surface area contributed by atoms with E-state index in [1.807, 2.05) is 0 Å². The molecule has 0 fully saturated rings. The highest BCUT2D eigenvalue weighted by molar-refractivity contribution is 5.90. The SMILES string of the molecule is COc1ccc2oc(=O)c(C)c(N=[N+]=[N-])c2c1. The lowest BCUT2D eigenvalue weighted by Gasteiger charge is -2.05. The number of nitrogens with zero attached hydrogens (tertiary/aromatic N) is 3. The van der Waals surface area contributed by atoms with Crippen LogP contribution in [0.2, 0.25) is 0 Å². The maximum absolute atomic E-state index is 11.5. The highest BCUT2D eigenvalue weighted by Crippen LogP contribution is 2.30. The first kappa shape index (κ1) is 11.0. The first-order valence-electron chi connectivity index (χ1n) is 4.84. The number of rotatable bonds is 2. The molecule has 17 heavy (non-hydrogen) atoms. The van der Waals surface area contributed by atoms with Crippen LogP contribution < -0.4 is 10.4 Å². The molecule has 1 aromatic carbocycles. The van der Waals surface area contributed by atoms with Gasteiger partial charge >= 0.3 is 5.63 Å². The third-order valence-electron chi connectivity index (χ3n) is 2.45. The molecule has 2 rings (SSSR count). The van der Waals surface area contributed by atoms with Crippen LogP contribution in [-0.4, -0.2) is 7.11 Å². The summed E-state index contributed by atoms with van der Waals surface area (Å²) in [4.78, 5) is 14.2. The fourth-order valence-corrected chi connectivity index (χ4v) is 1.56. The van der Waals surface area contributed by atoms with Crippen LogP contribution in [0.25, 0.3) is 21.4 Å². The summed E-state index contributed by atoms with van der Waals surface area (Å²) >= 11 is 0. The lowest BCUT2D eigenvalue weighted by molar-refractivity contribution is 0.415. The Morgan fingerprint density at radius 2 is 2.24 bits per heavy atom. The summed E-state index contributed by atoms with van der Waals surface area (Å²) in [6.07, 6.45) is 0. The van der Waals surface area contributed by atoms with E-state index in [2.05, 4.69) is 10.0 Å². The van der Waals surface area contributed by atoms with Gasteiger partial charge in [-0.2, -0.15) is 0 Å². The number of benzene rings is 1. The molecule has 0 radical (unpaired) electrons. The van der Waals surface area contributed by atoms with Crippen molar-refractivity contribution in [1.29, 1.82) is 0 Å². The van der Waals surface area contributed by atoms with Gasteiger partial charge in [-0.05, 0) is 30.7 Å². The topological polar surface area (TPSA) is 88.2 Å². The minimum absolute atomic E-state index is 0.276. The number of hydrogen-bond acceptors (Lipinski definition) is 4. The molecule has 0 atom stereocenters. The standard InChI is InChI=1S/C11H9N3O3/c1-6-10(13-14-12)8-5-7(16-2)3-4-9(8)17-11(6)15/h3-5H,1-2H3. The predicted octanol–water partition coefficient (Wildman–Crippen LogP) is 3.05. The van der Waals surface area contributed by atoms with Crippen molar-refractivity contribution in [1.82, 2.24) is 0 Å². The Morgan fingerprint density at radius 3 is 2.88 bits per heavy atom. The Balaban J connectivity index is 2.94. The van der Waals surface area contributed by atoms with Crippen molar-refractivity contribution in [3.05, 3.63) is 44.6 Å². The highest BCUT2D eigenvalue weighted by atomic mass is 16.5. The van der Waals surface area contributed by atoms with E-state index in [1.165, 1.54) is 7.11 Å². The van der Waals surface area contributed by atoms with E-state index in [0.717, 1.165) is 0 Å². The number of hydrogen-bond donors (Lipinski definition) is 0. The van der Waals surface area contributed by atoms with Crippen LogP contribution in [0.1, 0.15) is 5.56 Å². The fourth-order valence-electron chi connectivity index (χ4n) is 1.56. The van der Waals surface area contributed by atoms with Crippen molar-refractivity contribution < 1.29 is 9.15 Å². The smallest absolute Gasteiger partial charge is 0.339 e. The van der Waals surface area contributed by atoms with Gasteiger partial charge in [-0.15, -0.1) is 0 Å². The zero-order chi connectivity index (χ0) is 12.4. The molecule has 6 nitrogen and oxygen atoms in total. The van der Waals surface area contributed by atoms with Crippen molar-refractivity contribution in [3.63, 3.8) is 0 Å². The van der Waals surface area contributed by atoms with E-state index in [0.29, 0.717) is 16.7 Å². The van der Waals surface area contributed by atoms with Crippen LogP contribution in [0, 0.1) is 6.92 Å². The van der Waals surface area contributed by atoms with E-state index in [9.17, 15) is 4.79 Å². The number of ether oxygens (including phenoxy) is 1. The third-order valence-corrected chi connectivity index (χ3v) is 2.45. The van der Waals surface area contributed by atoms with Gasteiger partial charge in [0.1, 0.15) is 11.3 Å². The second-order valence-corrected chi connectivity index (χ2v) is 3.41. The molecule has 0 N–H and O–H groups in total. The lowest BCUT2D eigenvalue weighted by Crippen LogP contribution is -2.03. The van der Waals surface area contributed by atoms with Crippen molar-refractivity contribution in [2.24, 2.45) is 5.11 Å². The summed E-state index contributed by atoms with van der Waals surface area (Å²) in [5.74, 6) is 0.597. The number of fused-ring (bicyclic) bond motifs is 1. The second kappa shape index (κ2) is 4.19. The van der Waals surface area contributed by atoms with Gasteiger partial charge in [-0.25, -0.2) is 4.79 Å². The molecule has 2 aromatic rings. The Kier molecular flexibility index (Phi) is 2.72. The zero-order valence-corrected chi connectivity index (χ0v) is 9.30. The molecule has 0 aliphatic heterocycles. The Hall–Kier alpha value is -2.46. The normalized spacial score (nSPS) is 10.0. The van der Waals surface area contributed by atoms with Crippen LogP contribution in [0.3, 0.4) is 0 Å².